The minimum absolute atomic E-state index is 0.00447. The van der Waals surface area contributed by atoms with Gasteiger partial charge in [0.15, 0.2) is 5.72 Å². The second kappa shape index (κ2) is 5.81. The number of benzene rings is 1. The molecule has 1 aliphatic rings. The van der Waals surface area contributed by atoms with Gasteiger partial charge in [0.2, 0.25) is 0 Å². The third kappa shape index (κ3) is 3.28. The fraction of sp³-hybridized carbons (Fsp3) is 0.412. The van der Waals surface area contributed by atoms with Crippen molar-refractivity contribution in [3.63, 3.8) is 0 Å². The number of aromatic nitrogens is 2. The number of hydrogen-bond donors (Lipinski definition) is 0. The van der Waals surface area contributed by atoms with Crippen LogP contribution in [0.4, 0.5) is 13.2 Å². The summed E-state index contributed by atoms with van der Waals surface area (Å²) in [5, 5.41) is 0. The second-order valence-corrected chi connectivity index (χ2v) is 6.93. The Morgan fingerprint density at radius 3 is 2.16 bits per heavy atom. The van der Waals surface area contributed by atoms with Gasteiger partial charge in [0.05, 0.1) is 22.5 Å². The van der Waals surface area contributed by atoms with E-state index in [9.17, 15) is 13.2 Å². The molecule has 1 aliphatic heterocycles. The predicted molar refractivity (Wildman–Crippen MR) is 88.2 cm³/mol. The number of alkyl halides is 3. The van der Waals surface area contributed by atoms with Crippen molar-refractivity contribution in [2.45, 2.75) is 45.1 Å². The highest BCUT2D eigenvalue weighted by Crippen LogP contribution is 2.37. The van der Waals surface area contributed by atoms with Crippen molar-refractivity contribution < 1.29 is 22.5 Å². The second-order valence-electron chi connectivity index (χ2n) is 6.93. The van der Waals surface area contributed by atoms with E-state index in [1.807, 2.05) is 27.7 Å². The zero-order chi connectivity index (χ0) is 18.5. The lowest BCUT2D eigenvalue weighted by Crippen LogP contribution is -2.41. The molecule has 1 fully saturated rings. The maximum Gasteiger partial charge on any atom is 0.534 e. The zero-order valence-electron chi connectivity index (χ0n) is 14.4. The summed E-state index contributed by atoms with van der Waals surface area (Å²) in [5.74, 6) is 0. The first kappa shape index (κ1) is 17.9. The van der Waals surface area contributed by atoms with Crippen molar-refractivity contribution in [3.8, 4) is 11.3 Å². The van der Waals surface area contributed by atoms with Crippen LogP contribution >= 0.6 is 0 Å². The van der Waals surface area contributed by atoms with Gasteiger partial charge in [-0.3, -0.25) is 0 Å². The summed E-state index contributed by atoms with van der Waals surface area (Å²) in [4.78, 5) is 8.40. The van der Waals surface area contributed by atoms with Crippen LogP contribution in [0.3, 0.4) is 0 Å². The molecule has 0 atom stereocenters. The maximum absolute atomic E-state index is 13.2. The van der Waals surface area contributed by atoms with E-state index in [-0.39, 0.29) is 17.0 Å². The van der Waals surface area contributed by atoms with Crippen LogP contribution in [0.25, 0.3) is 11.3 Å². The molecule has 4 nitrogen and oxygen atoms in total. The standard InChI is InChI=1S/C17H18BF3N2O2/c1-15(2)16(3,4)25-18(24-15)14-22-10-9-13(23-14)11-7-5-6-8-12(11)17(19,20)21/h5-10H,1-4H3. The van der Waals surface area contributed by atoms with E-state index in [0.29, 0.717) is 0 Å². The molecule has 0 N–H and O–H groups in total. The van der Waals surface area contributed by atoms with Crippen molar-refractivity contribution >= 4 is 12.8 Å². The van der Waals surface area contributed by atoms with Crippen LogP contribution in [0.1, 0.15) is 33.3 Å². The lowest BCUT2D eigenvalue weighted by molar-refractivity contribution is -0.137. The fourth-order valence-electron chi connectivity index (χ4n) is 2.54. The van der Waals surface area contributed by atoms with E-state index in [1.54, 1.807) is 6.07 Å². The van der Waals surface area contributed by atoms with Gasteiger partial charge in [-0.25, -0.2) is 9.97 Å². The highest BCUT2D eigenvalue weighted by atomic mass is 19.4. The quantitative estimate of drug-likeness (QED) is 0.778. The number of nitrogens with zero attached hydrogens (tertiary/aromatic N) is 2. The number of halogens is 3. The summed E-state index contributed by atoms with van der Waals surface area (Å²) in [6, 6.07) is 6.76. The summed E-state index contributed by atoms with van der Waals surface area (Å²) in [5.41, 5.74) is -1.54. The van der Waals surface area contributed by atoms with Crippen molar-refractivity contribution in [3.05, 3.63) is 42.1 Å². The Kier molecular flexibility index (Phi) is 4.16. The first-order chi connectivity index (χ1) is 11.5. The van der Waals surface area contributed by atoms with E-state index in [4.69, 9.17) is 9.31 Å². The third-order valence-electron chi connectivity index (χ3n) is 4.65. The van der Waals surface area contributed by atoms with Gasteiger partial charge in [-0.15, -0.1) is 0 Å². The van der Waals surface area contributed by atoms with Gasteiger partial charge >= 0.3 is 13.3 Å². The molecule has 1 saturated heterocycles. The zero-order valence-corrected chi connectivity index (χ0v) is 14.4. The van der Waals surface area contributed by atoms with E-state index in [0.717, 1.165) is 6.07 Å². The smallest absolute Gasteiger partial charge is 0.397 e. The van der Waals surface area contributed by atoms with Crippen molar-refractivity contribution in [1.29, 1.82) is 0 Å². The van der Waals surface area contributed by atoms with Crippen LogP contribution in [0.5, 0.6) is 0 Å². The van der Waals surface area contributed by atoms with E-state index in [2.05, 4.69) is 9.97 Å². The van der Waals surface area contributed by atoms with Crippen LogP contribution in [0, 0.1) is 0 Å². The number of hydrogen-bond acceptors (Lipinski definition) is 4. The molecule has 1 aromatic heterocycles. The molecule has 2 aromatic rings. The molecule has 132 valence electrons. The average molecular weight is 350 g/mol. The van der Waals surface area contributed by atoms with Crippen molar-refractivity contribution in [2.75, 3.05) is 0 Å². The van der Waals surface area contributed by atoms with E-state index < -0.39 is 30.1 Å². The first-order valence-corrected chi connectivity index (χ1v) is 7.86. The predicted octanol–water partition coefficient (Wildman–Crippen LogP) is 3.46. The summed E-state index contributed by atoms with van der Waals surface area (Å²) in [7, 11) is -0.831. The Morgan fingerprint density at radius 1 is 0.960 bits per heavy atom. The van der Waals surface area contributed by atoms with Crippen LogP contribution in [-0.4, -0.2) is 28.3 Å². The Morgan fingerprint density at radius 2 is 1.56 bits per heavy atom. The Bertz CT molecular complexity index is 777. The van der Waals surface area contributed by atoms with E-state index >= 15 is 0 Å². The van der Waals surface area contributed by atoms with Gasteiger partial charge in [0.1, 0.15) is 0 Å². The molecule has 0 amide bonds. The Hall–Kier alpha value is -1.93. The SMILES string of the molecule is CC1(C)OB(c2nccc(-c3ccccc3C(F)(F)F)n2)OC1(C)C. The van der Waals surface area contributed by atoms with Gasteiger partial charge in [-0.05, 0) is 39.8 Å². The highest BCUT2D eigenvalue weighted by Gasteiger charge is 2.53. The molecule has 0 radical (unpaired) electrons. The molecule has 0 spiro atoms. The molecule has 1 aromatic carbocycles. The van der Waals surface area contributed by atoms with Crippen LogP contribution in [0.15, 0.2) is 36.5 Å². The van der Waals surface area contributed by atoms with Crippen LogP contribution < -0.4 is 5.72 Å². The van der Waals surface area contributed by atoms with Gasteiger partial charge in [-0.1, -0.05) is 18.2 Å². The molecule has 8 heteroatoms. The molecule has 2 heterocycles. The highest BCUT2D eigenvalue weighted by molar-refractivity contribution is 6.60. The Balaban J connectivity index is 2.00. The van der Waals surface area contributed by atoms with Crippen molar-refractivity contribution in [1.82, 2.24) is 9.97 Å². The third-order valence-corrected chi connectivity index (χ3v) is 4.65. The molecule has 0 aliphatic carbocycles. The van der Waals surface area contributed by atoms with E-state index in [1.165, 1.54) is 24.4 Å². The average Bonchev–Trinajstić information content (AvgIpc) is 2.75. The monoisotopic (exact) mass is 350 g/mol. The van der Waals surface area contributed by atoms with Crippen LogP contribution in [-0.2, 0) is 15.5 Å². The molecular formula is C17H18BF3N2O2. The first-order valence-electron chi connectivity index (χ1n) is 7.86. The summed E-state index contributed by atoms with van der Waals surface area (Å²) in [6.45, 7) is 7.54. The van der Waals surface area contributed by atoms with Crippen molar-refractivity contribution in [2.24, 2.45) is 0 Å². The molecular weight excluding hydrogens is 332 g/mol. The van der Waals surface area contributed by atoms with Gasteiger partial charge in [0.25, 0.3) is 0 Å². The minimum Gasteiger partial charge on any atom is -0.397 e. The molecule has 0 unspecified atom stereocenters. The Labute approximate surface area is 144 Å². The van der Waals surface area contributed by atoms with Crippen LogP contribution in [0.2, 0.25) is 0 Å². The summed E-state index contributed by atoms with van der Waals surface area (Å²) in [6.07, 6.45) is -3.05. The summed E-state index contributed by atoms with van der Waals surface area (Å²) >= 11 is 0. The molecule has 0 saturated carbocycles. The minimum atomic E-state index is -4.47. The lowest BCUT2D eigenvalue weighted by Gasteiger charge is -2.32. The van der Waals surface area contributed by atoms with Gasteiger partial charge < -0.3 is 9.31 Å². The largest absolute Gasteiger partial charge is 0.534 e. The molecule has 0 bridgehead atoms. The summed E-state index contributed by atoms with van der Waals surface area (Å²) < 4.78 is 51.5. The topological polar surface area (TPSA) is 44.2 Å². The van der Waals surface area contributed by atoms with Gasteiger partial charge in [0, 0.05) is 11.8 Å². The fourth-order valence-corrected chi connectivity index (χ4v) is 2.54. The molecule has 25 heavy (non-hydrogen) atoms. The lowest BCUT2D eigenvalue weighted by atomic mass is 9.88. The number of rotatable bonds is 2. The maximum atomic E-state index is 13.2. The normalized spacial score (nSPS) is 19.2. The van der Waals surface area contributed by atoms with Gasteiger partial charge in [-0.2, -0.15) is 13.2 Å². The molecule has 3 rings (SSSR count).